The molecule has 0 aromatic carbocycles. The molecule has 2 amide bonds. The molecular weight excluding hydrogens is 170 g/mol. The highest BCUT2D eigenvalue weighted by Gasteiger charge is 2.15. The van der Waals surface area contributed by atoms with Crippen LogP contribution in [0.5, 0.6) is 0 Å². The van der Waals surface area contributed by atoms with Crippen LogP contribution in [0, 0.1) is 0 Å². The van der Waals surface area contributed by atoms with Crippen molar-refractivity contribution in [2.45, 2.75) is 12.8 Å². The van der Waals surface area contributed by atoms with Gasteiger partial charge in [0.15, 0.2) is 0 Å². The number of carbonyl (C=O) groups is 2. The zero-order valence-corrected chi connectivity index (χ0v) is 7.56. The smallest absolute Gasteiger partial charge is 0.309 e. The van der Waals surface area contributed by atoms with Crippen molar-refractivity contribution in [2.24, 2.45) is 0 Å². The maximum absolute atomic E-state index is 10.3. The molecule has 0 aromatic heterocycles. The lowest BCUT2D eigenvalue weighted by atomic mass is 10.4. The Morgan fingerprint density at radius 3 is 1.46 bits per heavy atom. The fourth-order valence-corrected chi connectivity index (χ4v) is 1.14. The molecule has 2 aliphatic rings. The molecule has 0 atom stereocenters. The van der Waals surface area contributed by atoms with E-state index in [9.17, 15) is 9.59 Å². The summed E-state index contributed by atoms with van der Waals surface area (Å²) in [5, 5.41) is 7.98. The first-order valence-electron chi connectivity index (χ1n) is 4.57. The number of hydrogen-bond donors (Lipinski definition) is 3. The van der Waals surface area contributed by atoms with Crippen LogP contribution in [0.2, 0.25) is 0 Å². The van der Waals surface area contributed by atoms with E-state index >= 15 is 0 Å². The van der Waals surface area contributed by atoms with Crippen LogP contribution in [0.15, 0.2) is 0 Å². The van der Waals surface area contributed by atoms with E-state index in [1.165, 1.54) is 25.9 Å². The van der Waals surface area contributed by atoms with Gasteiger partial charge in [0.2, 0.25) is 0 Å². The lowest BCUT2D eigenvalue weighted by Crippen LogP contribution is -2.49. The number of carbonyl (C=O) groups excluding carboxylic acids is 2. The highest BCUT2D eigenvalue weighted by molar-refractivity contribution is 6.35. The Morgan fingerprint density at radius 1 is 0.769 bits per heavy atom. The molecule has 5 nitrogen and oxygen atoms in total. The Morgan fingerprint density at radius 2 is 1.23 bits per heavy atom. The molecule has 2 saturated heterocycles. The fourth-order valence-electron chi connectivity index (χ4n) is 1.14. The molecule has 0 saturated carbocycles. The van der Waals surface area contributed by atoms with Crippen LogP contribution in [0.4, 0.5) is 0 Å². The summed E-state index contributed by atoms with van der Waals surface area (Å²) in [5.74, 6) is -1.06. The van der Waals surface area contributed by atoms with Crippen molar-refractivity contribution in [2.75, 3.05) is 26.2 Å². The molecule has 0 aliphatic carbocycles. The first-order chi connectivity index (χ1) is 6.30. The lowest BCUT2D eigenvalue weighted by molar-refractivity contribution is -0.140. The summed E-state index contributed by atoms with van der Waals surface area (Å²) in [6.45, 7) is 3.59. The van der Waals surface area contributed by atoms with Gasteiger partial charge in [0.05, 0.1) is 0 Å². The average molecular weight is 185 g/mol. The lowest BCUT2D eigenvalue weighted by Gasteiger charge is -2.10. The van der Waals surface area contributed by atoms with Crippen LogP contribution in [-0.2, 0) is 9.59 Å². The molecule has 2 aliphatic heterocycles. The summed E-state index contributed by atoms with van der Waals surface area (Å²) in [6, 6.07) is 0. The monoisotopic (exact) mass is 185 g/mol. The van der Waals surface area contributed by atoms with E-state index in [1.54, 1.807) is 0 Å². The Labute approximate surface area is 77.3 Å². The summed E-state index contributed by atoms with van der Waals surface area (Å²) >= 11 is 0. The quantitative estimate of drug-likeness (QED) is 0.407. The zero-order valence-electron chi connectivity index (χ0n) is 7.56. The summed E-state index contributed by atoms with van der Waals surface area (Å²) in [7, 11) is 0. The molecule has 2 fully saturated rings. The molecule has 3 N–H and O–H groups in total. The molecule has 2 rings (SSSR count). The van der Waals surface area contributed by atoms with Crippen LogP contribution in [-0.4, -0.2) is 38.0 Å². The van der Waals surface area contributed by atoms with Gasteiger partial charge in [-0.2, -0.15) is 0 Å². The van der Waals surface area contributed by atoms with E-state index in [0.29, 0.717) is 13.1 Å². The second-order valence-electron chi connectivity index (χ2n) is 2.97. The fraction of sp³-hybridized carbons (Fsp3) is 0.750. The highest BCUT2D eigenvalue weighted by atomic mass is 16.2. The molecule has 13 heavy (non-hydrogen) atoms. The summed E-state index contributed by atoms with van der Waals surface area (Å²) in [6.07, 6.45) is 2.78. The maximum Gasteiger partial charge on any atom is 0.309 e. The Bertz CT molecular complexity index is 166. The molecule has 0 bridgehead atoms. The van der Waals surface area contributed by atoms with E-state index in [4.69, 9.17) is 0 Å². The SMILES string of the molecule is C1CCNC1.O=C1NCCNC1=O. The van der Waals surface area contributed by atoms with Crippen LogP contribution in [0.1, 0.15) is 12.8 Å². The number of amides is 2. The minimum absolute atomic E-state index is 0.531. The first kappa shape index (κ1) is 9.98. The van der Waals surface area contributed by atoms with Crippen LogP contribution >= 0.6 is 0 Å². The van der Waals surface area contributed by atoms with E-state index < -0.39 is 11.8 Å². The standard InChI is InChI=1S/C4H6N2O2.C4H9N/c7-3-4(8)6-2-1-5-3;1-2-4-5-3-1/h1-2H2,(H,5,7)(H,6,8);5H,1-4H2. The highest BCUT2D eigenvalue weighted by Crippen LogP contribution is 1.90. The van der Waals surface area contributed by atoms with Crippen molar-refractivity contribution in [3.8, 4) is 0 Å². The summed E-state index contributed by atoms with van der Waals surface area (Å²) in [5.41, 5.74) is 0. The minimum atomic E-state index is -0.531. The van der Waals surface area contributed by atoms with Crippen molar-refractivity contribution in [1.29, 1.82) is 0 Å². The number of hydrogen-bond acceptors (Lipinski definition) is 3. The van der Waals surface area contributed by atoms with Crippen molar-refractivity contribution in [1.82, 2.24) is 16.0 Å². The zero-order chi connectivity index (χ0) is 9.52. The topological polar surface area (TPSA) is 70.2 Å². The molecule has 0 spiro atoms. The van der Waals surface area contributed by atoms with Crippen molar-refractivity contribution < 1.29 is 9.59 Å². The number of nitrogens with one attached hydrogen (secondary N) is 3. The number of rotatable bonds is 0. The Balaban J connectivity index is 0.000000145. The van der Waals surface area contributed by atoms with Gasteiger partial charge in [-0.3, -0.25) is 9.59 Å². The average Bonchev–Trinajstić information content (AvgIpc) is 2.68. The number of piperazine rings is 1. The Kier molecular flexibility index (Phi) is 4.25. The molecular formula is C8H15N3O2. The third-order valence-corrected chi connectivity index (χ3v) is 1.86. The van der Waals surface area contributed by atoms with E-state index in [0.717, 1.165) is 0 Å². The predicted molar refractivity (Wildman–Crippen MR) is 48.1 cm³/mol. The molecule has 0 unspecified atom stereocenters. The van der Waals surface area contributed by atoms with Gasteiger partial charge in [0, 0.05) is 13.1 Å². The predicted octanol–water partition coefficient (Wildman–Crippen LogP) is -1.40. The van der Waals surface area contributed by atoms with Gasteiger partial charge >= 0.3 is 11.8 Å². The normalized spacial score (nSPS) is 21.2. The van der Waals surface area contributed by atoms with Gasteiger partial charge in [-0.25, -0.2) is 0 Å². The first-order valence-corrected chi connectivity index (χ1v) is 4.57. The third-order valence-electron chi connectivity index (χ3n) is 1.86. The van der Waals surface area contributed by atoms with Gasteiger partial charge < -0.3 is 16.0 Å². The van der Waals surface area contributed by atoms with Gasteiger partial charge in [-0.05, 0) is 25.9 Å². The Hall–Kier alpha value is -1.10. The maximum atomic E-state index is 10.3. The van der Waals surface area contributed by atoms with E-state index in [2.05, 4.69) is 16.0 Å². The summed E-state index contributed by atoms with van der Waals surface area (Å²) < 4.78 is 0. The third kappa shape index (κ3) is 3.89. The van der Waals surface area contributed by atoms with Crippen LogP contribution in [0.25, 0.3) is 0 Å². The van der Waals surface area contributed by atoms with Gasteiger partial charge in [-0.1, -0.05) is 0 Å². The van der Waals surface area contributed by atoms with Crippen molar-refractivity contribution in [3.05, 3.63) is 0 Å². The summed E-state index contributed by atoms with van der Waals surface area (Å²) in [4.78, 5) is 20.5. The van der Waals surface area contributed by atoms with Crippen LogP contribution < -0.4 is 16.0 Å². The van der Waals surface area contributed by atoms with Gasteiger partial charge in [0.1, 0.15) is 0 Å². The van der Waals surface area contributed by atoms with Crippen molar-refractivity contribution in [3.63, 3.8) is 0 Å². The van der Waals surface area contributed by atoms with E-state index in [-0.39, 0.29) is 0 Å². The molecule has 0 aromatic rings. The molecule has 2 heterocycles. The van der Waals surface area contributed by atoms with Gasteiger partial charge in [-0.15, -0.1) is 0 Å². The van der Waals surface area contributed by atoms with Crippen LogP contribution in [0.3, 0.4) is 0 Å². The van der Waals surface area contributed by atoms with Crippen molar-refractivity contribution >= 4 is 11.8 Å². The van der Waals surface area contributed by atoms with Gasteiger partial charge in [0.25, 0.3) is 0 Å². The second-order valence-corrected chi connectivity index (χ2v) is 2.97. The minimum Gasteiger partial charge on any atom is -0.346 e. The van der Waals surface area contributed by atoms with E-state index in [1.807, 2.05) is 0 Å². The largest absolute Gasteiger partial charge is 0.346 e. The second kappa shape index (κ2) is 5.53. The molecule has 0 radical (unpaired) electrons. The molecule has 74 valence electrons. The molecule has 5 heteroatoms.